The number of fused-ring (bicyclic) bond motifs is 2. The molecule has 0 spiro atoms. The van der Waals surface area contributed by atoms with Gasteiger partial charge in [-0.3, -0.25) is 4.79 Å². The van der Waals surface area contributed by atoms with Gasteiger partial charge in [0, 0.05) is 5.39 Å². The van der Waals surface area contributed by atoms with E-state index in [0.29, 0.717) is 38.3 Å². The van der Waals surface area contributed by atoms with Gasteiger partial charge in [-0.1, -0.05) is 30.3 Å². The predicted molar refractivity (Wildman–Crippen MR) is 129 cm³/mol. The highest BCUT2D eigenvalue weighted by Gasteiger charge is 2.16. The summed E-state index contributed by atoms with van der Waals surface area (Å²) in [6.07, 6.45) is 1.56. The summed E-state index contributed by atoms with van der Waals surface area (Å²) in [6, 6.07) is 23.8. The fourth-order valence-electron chi connectivity index (χ4n) is 3.43. The number of ether oxygens (including phenoxy) is 1. The summed E-state index contributed by atoms with van der Waals surface area (Å²) in [5.74, 6) is 1.29. The first-order valence-electron chi connectivity index (χ1n) is 9.98. The molecule has 0 atom stereocenters. The normalized spacial score (nSPS) is 11.3. The minimum Gasteiger partial charge on any atom is -0.478 e. The zero-order valence-corrected chi connectivity index (χ0v) is 18.7. The smallest absolute Gasteiger partial charge is 0.282 e. The van der Waals surface area contributed by atoms with Crippen molar-refractivity contribution in [3.8, 4) is 23.4 Å². The molecule has 0 bridgehead atoms. The fraction of sp³-hybridized carbons (Fsp3) is 0.0400. The van der Waals surface area contributed by atoms with E-state index < -0.39 is 0 Å². The van der Waals surface area contributed by atoms with Crippen molar-refractivity contribution < 1.29 is 9.15 Å². The van der Waals surface area contributed by atoms with Gasteiger partial charge in [-0.05, 0) is 64.0 Å². The van der Waals surface area contributed by atoms with E-state index in [1.54, 1.807) is 42.6 Å². The van der Waals surface area contributed by atoms with Gasteiger partial charge in [0.25, 0.3) is 5.56 Å². The second kappa shape index (κ2) is 8.73. The second-order valence-electron chi connectivity index (χ2n) is 7.10. The zero-order valence-electron chi connectivity index (χ0n) is 17.1. The van der Waals surface area contributed by atoms with Gasteiger partial charge in [0.2, 0.25) is 5.82 Å². The number of hydrogen-bond donors (Lipinski definition) is 0. The lowest BCUT2D eigenvalue weighted by molar-refractivity contribution is 0.366. The molecule has 0 saturated heterocycles. The van der Waals surface area contributed by atoms with Gasteiger partial charge in [0.05, 0.1) is 21.6 Å². The van der Waals surface area contributed by atoms with Crippen LogP contribution in [0.5, 0.6) is 5.75 Å². The molecule has 160 valence electrons. The number of rotatable bonds is 5. The maximum atomic E-state index is 13.3. The molecule has 0 N–H and O–H groups in total. The number of aromatic nitrogens is 2. The van der Waals surface area contributed by atoms with Crippen molar-refractivity contribution >= 4 is 44.0 Å². The maximum Gasteiger partial charge on any atom is 0.282 e. The van der Waals surface area contributed by atoms with E-state index in [1.807, 2.05) is 42.5 Å². The van der Waals surface area contributed by atoms with Crippen LogP contribution < -0.4 is 10.3 Å². The van der Waals surface area contributed by atoms with E-state index in [4.69, 9.17) is 14.4 Å². The first kappa shape index (κ1) is 20.7. The molecule has 0 aliphatic rings. The number of nitrogens with zero attached hydrogens (tertiary/aromatic N) is 4. The van der Waals surface area contributed by atoms with E-state index in [9.17, 15) is 4.79 Å². The Labute approximate surface area is 196 Å². The third-order valence-electron chi connectivity index (χ3n) is 4.97. The molecule has 0 aliphatic heterocycles. The molecule has 0 unspecified atom stereocenters. The van der Waals surface area contributed by atoms with E-state index in [-0.39, 0.29) is 12.2 Å². The molecular formula is C25H15BrN4O3. The first-order chi connectivity index (χ1) is 16.1. The molecule has 33 heavy (non-hydrogen) atoms. The van der Waals surface area contributed by atoms with Gasteiger partial charge in [-0.25, -0.2) is 4.98 Å². The van der Waals surface area contributed by atoms with Crippen LogP contribution in [0.2, 0.25) is 0 Å². The van der Waals surface area contributed by atoms with Crippen LogP contribution in [0, 0.1) is 11.3 Å². The average Bonchev–Trinajstić information content (AvgIpc) is 3.27. The molecule has 2 aromatic heterocycles. The van der Waals surface area contributed by atoms with E-state index in [2.05, 4.69) is 26.0 Å². The van der Waals surface area contributed by atoms with Crippen molar-refractivity contribution in [2.75, 3.05) is 6.61 Å². The van der Waals surface area contributed by atoms with Gasteiger partial charge in [-0.15, -0.1) is 0 Å². The van der Waals surface area contributed by atoms with Crippen LogP contribution in [0.1, 0.15) is 5.56 Å². The van der Waals surface area contributed by atoms with Crippen LogP contribution in [0.25, 0.3) is 33.5 Å². The molecule has 3 aromatic carbocycles. The standard InChI is InChI=1S/C25H15BrN4O3/c26-19-13-16(9-10-22(19)32-12-11-27)15-28-30-24(23-14-17-5-1-4-8-21(17)33-23)29-20-7-3-2-6-18(20)25(30)31/h1-10,13-15H,12H2. The van der Waals surface area contributed by atoms with Gasteiger partial charge < -0.3 is 9.15 Å². The molecule has 0 amide bonds. The Balaban J connectivity index is 1.63. The minimum atomic E-state index is -0.305. The Hall–Kier alpha value is -4.22. The second-order valence-corrected chi connectivity index (χ2v) is 7.95. The molecular weight excluding hydrogens is 484 g/mol. The van der Waals surface area contributed by atoms with Crippen LogP contribution in [-0.4, -0.2) is 22.5 Å². The molecule has 5 aromatic rings. The topological polar surface area (TPSA) is 93.4 Å². The Morgan fingerprint density at radius 2 is 1.94 bits per heavy atom. The molecule has 2 heterocycles. The summed E-state index contributed by atoms with van der Waals surface area (Å²) < 4.78 is 13.2. The summed E-state index contributed by atoms with van der Waals surface area (Å²) in [5, 5.41) is 14.5. The van der Waals surface area contributed by atoms with Gasteiger partial charge in [0.15, 0.2) is 12.4 Å². The van der Waals surface area contributed by atoms with Crippen molar-refractivity contribution in [3.05, 3.63) is 93.2 Å². The number of furan rings is 1. The van der Waals surface area contributed by atoms with Crippen LogP contribution in [0.4, 0.5) is 0 Å². The van der Waals surface area contributed by atoms with Crippen molar-refractivity contribution in [2.45, 2.75) is 0 Å². The van der Waals surface area contributed by atoms with Gasteiger partial charge in [0.1, 0.15) is 17.4 Å². The number of nitriles is 1. The largest absolute Gasteiger partial charge is 0.478 e. The van der Waals surface area contributed by atoms with Crippen LogP contribution in [-0.2, 0) is 0 Å². The Kier molecular flexibility index (Phi) is 5.47. The lowest BCUT2D eigenvalue weighted by atomic mass is 10.2. The van der Waals surface area contributed by atoms with E-state index in [0.717, 1.165) is 10.9 Å². The summed E-state index contributed by atoms with van der Waals surface area (Å²) in [7, 11) is 0. The number of benzene rings is 3. The molecule has 0 aliphatic carbocycles. The van der Waals surface area contributed by atoms with Gasteiger partial charge in [-0.2, -0.15) is 15.0 Å². The molecule has 0 saturated carbocycles. The molecule has 8 heteroatoms. The van der Waals surface area contributed by atoms with E-state index >= 15 is 0 Å². The third-order valence-corrected chi connectivity index (χ3v) is 5.59. The predicted octanol–water partition coefficient (Wildman–Crippen LogP) is 5.36. The average molecular weight is 499 g/mol. The number of hydrogen-bond acceptors (Lipinski definition) is 6. The minimum absolute atomic E-state index is 0.0505. The zero-order chi connectivity index (χ0) is 22.8. The third kappa shape index (κ3) is 4.02. The quantitative estimate of drug-likeness (QED) is 0.304. The number of halogens is 1. The SMILES string of the molecule is N#CCOc1ccc(C=Nn2c(-c3cc4ccccc4o3)nc3ccccc3c2=O)cc1Br. The van der Waals surface area contributed by atoms with Crippen LogP contribution in [0.15, 0.2) is 91.6 Å². The molecule has 0 fully saturated rings. The van der Waals surface area contributed by atoms with Gasteiger partial charge >= 0.3 is 0 Å². The van der Waals surface area contributed by atoms with Crippen molar-refractivity contribution in [2.24, 2.45) is 5.10 Å². The van der Waals surface area contributed by atoms with Crippen LogP contribution in [0.3, 0.4) is 0 Å². The lowest BCUT2D eigenvalue weighted by Gasteiger charge is -2.08. The summed E-state index contributed by atoms with van der Waals surface area (Å²) >= 11 is 3.43. The Bertz CT molecular complexity index is 1600. The van der Waals surface area contributed by atoms with Crippen molar-refractivity contribution in [1.29, 1.82) is 5.26 Å². The van der Waals surface area contributed by atoms with Crippen LogP contribution >= 0.6 is 15.9 Å². The Morgan fingerprint density at radius 1 is 1.12 bits per heavy atom. The number of para-hydroxylation sites is 2. The summed E-state index contributed by atoms with van der Waals surface area (Å²) in [6.45, 7) is -0.0505. The molecule has 5 rings (SSSR count). The summed E-state index contributed by atoms with van der Waals surface area (Å²) in [5.41, 5.74) is 1.68. The summed E-state index contributed by atoms with van der Waals surface area (Å²) in [4.78, 5) is 18.0. The fourth-order valence-corrected chi connectivity index (χ4v) is 3.94. The highest BCUT2D eigenvalue weighted by atomic mass is 79.9. The lowest BCUT2D eigenvalue weighted by Crippen LogP contribution is -2.20. The Morgan fingerprint density at radius 3 is 2.76 bits per heavy atom. The maximum absolute atomic E-state index is 13.3. The highest BCUT2D eigenvalue weighted by Crippen LogP contribution is 2.28. The molecule has 0 radical (unpaired) electrons. The van der Waals surface area contributed by atoms with Crippen molar-refractivity contribution in [1.82, 2.24) is 9.66 Å². The monoisotopic (exact) mass is 498 g/mol. The van der Waals surface area contributed by atoms with Crippen molar-refractivity contribution in [3.63, 3.8) is 0 Å². The molecule has 7 nitrogen and oxygen atoms in total. The van der Waals surface area contributed by atoms with E-state index in [1.165, 1.54) is 4.68 Å². The first-order valence-corrected chi connectivity index (χ1v) is 10.8. The highest BCUT2D eigenvalue weighted by molar-refractivity contribution is 9.10.